The van der Waals surface area contributed by atoms with Crippen LogP contribution in [0.2, 0.25) is 0 Å². The Bertz CT molecular complexity index is 881. The highest BCUT2D eigenvalue weighted by molar-refractivity contribution is 6.01. The Hall–Kier alpha value is -2.90. The number of amides is 2. The molecule has 3 aliphatic rings. The summed E-state index contributed by atoms with van der Waals surface area (Å²) in [5, 5.41) is 12.1. The molecule has 2 amide bonds. The molecule has 7 heteroatoms. The monoisotopic (exact) mass is 380 g/mol. The fourth-order valence-corrected chi connectivity index (χ4v) is 3.87. The zero-order valence-electron chi connectivity index (χ0n) is 15.5. The first-order valence-corrected chi connectivity index (χ1v) is 9.44. The van der Waals surface area contributed by atoms with Crippen molar-refractivity contribution < 1.29 is 14.0 Å². The summed E-state index contributed by atoms with van der Waals surface area (Å²) in [5.41, 5.74) is 0.942. The van der Waals surface area contributed by atoms with Gasteiger partial charge in [0.05, 0.1) is 0 Å². The molecule has 5 rings (SSSR count). The average Bonchev–Trinajstić information content (AvgIpc) is 3.05. The van der Waals surface area contributed by atoms with Crippen LogP contribution in [0.25, 0.3) is 11.3 Å². The predicted molar refractivity (Wildman–Crippen MR) is 106 cm³/mol. The Morgan fingerprint density at radius 2 is 1.79 bits per heavy atom. The normalized spacial score (nSPS) is 21.2. The third-order valence-electron chi connectivity index (χ3n) is 5.49. The fourth-order valence-electron chi connectivity index (χ4n) is 3.87. The van der Waals surface area contributed by atoms with Crippen LogP contribution in [0, 0.1) is 5.21 Å². The largest absolute Gasteiger partial charge is 0.751 e. The number of carbonyl (C=O) groups excluding carboxylic acids is 2. The molecule has 3 fully saturated rings. The highest BCUT2D eigenvalue weighted by Gasteiger charge is 2.33. The number of benzene rings is 1. The van der Waals surface area contributed by atoms with E-state index in [4.69, 9.17) is 4.42 Å². The lowest BCUT2D eigenvalue weighted by Gasteiger charge is -2.30. The van der Waals surface area contributed by atoms with Crippen LogP contribution >= 0.6 is 0 Å². The van der Waals surface area contributed by atoms with Gasteiger partial charge < -0.3 is 24.5 Å². The molecule has 2 aromatic rings. The molecule has 2 bridgehead atoms. The standard InChI is InChI=1S/C21H22N3O4/c1-2-20(25)24(27)17-5-3-15(4-6-17)18-7-8-19(28-18)21(26)23-14-13-22-11-9-16(23)10-12-22/h2-8,16H,1,9-14H2/q-1. The topological polar surface area (TPSA) is 80.1 Å². The number of fused-ring (bicyclic) bond motifs is 4. The number of nitrogens with zero attached hydrogens (tertiary/aromatic N) is 3. The predicted octanol–water partition coefficient (Wildman–Crippen LogP) is 2.88. The lowest BCUT2D eigenvalue weighted by atomic mass is 10.1. The van der Waals surface area contributed by atoms with Crippen LogP contribution in [0.4, 0.5) is 5.69 Å². The van der Waals surface area contributed by atoms with Crippen LogP contribution in [0.15, 0.2) is 53.5 Å². The summed E-state index contributed by atoms with van der Waals surface area (Å²) in [4.78, 5) is 28.7. The summed E-state index contributed by atoms with van der Waals surface area (Å²) in [6.07, 6.45) is 2.99. The first kappa shape index (κ1) is 18.5. The average molecular weight is 380 g/mol. The van der Waals surface area contributed by atoms with E-state index >= 15 is 0 Å². The Labute approximate surface area is 163 Å². The van der Waals surface area contributed by atoms with Crippen molar-refractivity contribution >= 4 is 17.5 Å². The van der Waals surface area contributed by atoms with Gasteiger partial charge in [0.25, 0.3) is 5.91 Å². The molecule has 0 N–H and O–H groups in total. The van der Waals surface area contributed by atoms with Gasteiger partial charge in [0.2, 0.25) is 5.91 Å². The molecule has 0 aliphatic carbocycles. The molecule has 7 nitrogen and oxygen atoms in total. The van der Waals surface area contributed by atoms with Crippen LogP contribution in [-0.4, -0.2) is 53.8 Å². The zero-order valence-corrected chi connectivity index (χ0v) is 15.5. The van der Waals surface area contributed by atoms with E-state index in [2.05, 4.69) is 11.5 Å². The molecular weight excluding hydrogens is 358 g/mol. The Balaban J connectivity index is 1.50. The van der Waals surface area contributed by atoms with E-state index in [1.54, 1.807) is 24.3 Å². The van der Waals surface area contributed by atoms with Gasteiger partial charge in [0.1, 0.15) is 5.76 Å². The van der Waals surface area contributed by atoms with Crippen molar-refractivity contribution in [1.82, 2.24) is 9.80 Å². The van der Waals surface area contributed by atoms with E-state index in [1.165, 1.54) is 12.1 Å². The van der Waals surface area contributed by atoms with Gasteiger partial charge in [-0.1, -0.05) is 6.58 Å². The minimum Gasteiger partial charge on any atom is -0.751 e. The molecule has 0 spiro atoms. The molecule has 4 heterocycles. The van der Waals surface area contributed by atoms with E-state index in [0.717, 1.165) is 50.7 Å². The highest BCUT2D eigenvalue weighted by atomic mass is 16.5. The molecule has 1 aromatic heterocycles. The summed E-state index contributed by atoms with van der Waals surface area (Å²) < 4.78 is 5.82. The highest BCUT2D eigenvalue weighted by Crippen LogP contribution is 2.28. The number of carbonyl (C=O) groups is 2. The van der Waals surface area contributed by atoms with Crippen LogP contribution in [-0.2, 0) is 4.79 Å². The molecule has 146 valence electrons. The van der Waals surface area contributed by atoms with Crippen molar-refractivity contribution in [2.45, 2.75) is 18.9 Å². The van der Waals surface area contributed by atoms with E-state index in [9.17, 15) is 14.8 Å². The SMILES string of the molecule is C=CC(=O)N([O-])c1ccc(-c2ccc(C(=O)N3CCN4CCC3CC4)o2)cc1. The minimum atomic E-state index is -0.721. The Morgan fingerprint density at radius 1 is 1.07 bits per heavy atom. The zero-order chi connectivity index (χ0) is 19.7. The van der Waals surface area contributed by atoms with Gasteiger partial charge in [-0.25, -0.2) is 0 Å². The molecule has 0 saturated carbocycles. The smallest absolute Gasteiger partial charge is 0.289 e. The number of piperidine rings is 1. The molecule has 0 atom stereocenters. The third kappa shape index (κ3) is 3.46. The van der Waals surface area contributed by atoms with Gasteiger partial charge in [-0.3, -0.25) is 9.59 Å². The second-order valence-corrected chi connectivity index (χ2v) is 7.12. The molecule has 0 radical (unpaired) electrons. The van der Waals surface area contributed by atoms with Crippen molar-refractivity contribution in [3.63, 3.8) is 0 Å². The lowest BCUT2D eigenvalue weighted by Crippen LogP contribution is -2.41. The number of hydrogen-bond acceptors (Lipinski definition) is 5. The van der Waals surface area contributed by atoms with Gasteiger partial charge in [0, 0.05) is 43.5 Å². The molecule has 3 aliphatic heterocycles. The second-order valence-electron chi connectivity index (χ2n) is 7.12. The number of hydroxylamine groups is 1. The maximum atomic E-state index is 13.0. The molecule has 1 aromatic carbocycles. The fraction of sp³-hybridized carbons (Fsp3) is 0.333. The van der Waals surface area contributed by atoms with Crippen LogP contribution in [0.3, 0.4) is 0 Å². The lowest BCUT2D eigenvalue weighted by molar-refractivity contribution is -0.113. The van der Waals surface area contributed by atoms with Crippen molar-refractivity contribution in [1.29, 1.82) is 0 Å². The van der Waals surface area contributed by atoms with E-state index < -0.39 is 5.91 Å². The Morgan fingerprint density at radius 3 is 2.46 bits per heavy atom. The first-order chi connectivity index (χ1) is 13.6. The Kier molecular flexibility index (Phi) is 5.02. The van der Waals surface area contributed by atoms with Crippen molar-refractivity contribution in [3.8, 4) is 11.3 Å². The van der Waals surface area contributed by atoms with E-state index in [0.29, 0.717) is 11.5 Å². The summed E-state index contributed by atoms with van der Waals surface area (Å²) >= 11 is 0. The van der Waals surface area contributed by atoms with Gasteiger partial charge in [-0.15, -0.1) is 0 Å². The van der Waals surface area contributed by atoms with E-state index in [1.807, 2.05) is 4.90 Å². The van der Waals surface area contributed by atoms with Crippen LogP contribution < -0.4 is 5.06 Å². The summed E-state index contributed by atoms with van der Waals surface area (Å²) in [7, 11) is 0. The van der Waals surface area contributed by atoms with Gasteiger partial charge in [-0.2, -0.15) is 0 Å². The maximum absolute atomic E-state index is 13.0. The quantitative estimate of drug-likeness (QED) is 0.602. The van der Waals surface area contributed by atoms with Gasteiger partial charge in [-0.05, 0) is 55.3 Å². The third-order valence-corrected chi connectivity index (χ3v) is 5.49. The minimum absolute atomic E-state index is 0.0704. The van der Waals surface area contributed by atoms with Gasteiger partial charge in [0.15, 0.2) is 5.76 Å². The van der Waals surface area contributed by atoms with Crippen molar-refractivity contribution in [3.05, 3.63) is 60.0 Å². The summed E-state index contributed by atoms with van der Waals surface area (Å²) in [6.45, 7) is 7.04. The van der Waals surface area contributed by atoms with E-state index in [-0.39, 0.29) is 22.7 Å². The number of rotatable bonds is 4. The summed E-state index contributed by atoms with van der Waals surface area (Å²) in [6, 6.07) is 10.2. The van der Waals surface area contributed by atoms with Gasteiger partial charge >= 0.3 is 0 Å². The summed E-state index contributed by atoms with van der Waals surface area (Å²) in [5.74, 6) is 0.0810. The maximum Gasteiger partial charge on any atom is 0.289 e. The molecule has 0 unspecified atom stereocenters. The molecule has 3 saturated heterocycles. The molecular formula is C21H22N3O4-. The van der Waals surface area contributed by atoms with Crippen LogP contribution in [0.5, 0.6) is 0 Å². The van der Waals surface area contributed by atoms with Crippen molar-refractivity contribution in [2.75, 3.05) is 31.2 Å². The number of anilines is 1. The first-order valence-electron chi connectivity index (χ1n) is 9.44. The molecule has 28 heavy (non-hydrogen) atoms. The second kappa shape index (κ2) is 7.61. The van der Waals surface area contributed by atoms with Crippen molar-refractivity contribution in [2.24, 2.45) is 0 Å². The number of hydrogen-bond donors (Lipinski definition) is 0. The number of furan rings is 1. The van der Waals surface area contributed by atoms with Crippen LogP contribution in [0.1, 0.15) is 23.4 Å².